The maximum absolute atomic E-state index is 11.7. The lowest BCUT2D eigenvalue weighted by molar-refractivity contribution is -0.123. The monoisotopic (exact) mass is 224 g/mol. The van der Waals surface area contributed by atoms with Crippen molar-refractivity contribution < 1.29 is 4.79 Å². The van der Waals surface area contributed by atoms with E-state index >= 15 is 0 Å². The smallest absolute Gasteiger partial charge is 0.240 e. The number of hydrogen-bond acceptors (Lipinski definition) is 3. The molecule has 0 atom stereocenters. The number of imidazole rings is 1. The molecule has 0 saturated heterocycles. The molecule has 1 aromatic rings. The van der Waals surface area contributed by atoms with Crippen LogP contribution in [0.2, 0.25) is 0 Å². The Morgan fingerprint density at radius 2 is 2.25 bits per heavy atom. The summed E-state index contributed by atoms with van der Waals surface area (Å²) in [4.78, 5) is 15.7. The van der Waals surface area contributed by atoms with Crippen LogP contribution in [0.5, 0.6) is 0 Å². The van der Waals surface area contributed by atoms with Crippen molar-refractivity contribution in [2.45, 2.75) is 39.3 Å². The number of nitrogens with zero attached hydrogens (tertiary/aromatic N) is 2. The molecule has 90 valence electrons. The van der Waals surface area contributed by atoms with Gasteiger partial charge in [-0.05, 0) is 27.3 Å². The molecule has 0 saturated carbocycles. The van der Waals surface area contributed by atoms with E-state index in [1.54, 1.807) is 12.5 Å². The third kappa shape index (κ3) is 4.02. The molecule has 0 aliphatic carbocycles. The lowest BCUT2D eigenvalue weighted by atomic mass is 10.1. The normalized spacial score (nSPS) is 11.5. The molecule has 0 aromatic carbocycles. The van der Waals surface area contributed by atoms with Gasteiger partial charge >= 0.3 is 0 Å². The Balaban J connectivity index is 2.59. The average Bonchev–Trinajstić information content (AvgIpc) is 2.50. The quantitative estimate of drug-likeness (QED) is 0.772. The molecular formula is C11H20N4O. The van der Waals surface area contributed by atoms with Crippen LogP contribution in [0.4, 0.5) is 0 Å². The highest BCUT2D eigenvalue weighted by molar-refractivity contribution is 5.76. The number of hydrogen-bond donors (Lipinski definition) is 2. The summed E-state index contributed by atoms with van der Waals surface area (Å²) in [6.07, 6.45) is 4.15. The number of carbonyl (C=O) groups is 1. The molecule has 3 N–H and O–H groups in total. The molecule has 5 heteroatoms. The molecule has 16 heavy (non-hydrogen) atoms. The fourth-order valence-electron chi connectivity index (χ4n) is 1.46. The third-order valence-corrected chi connectivity index (χ3v) is 2.03. The summed E-state index contributed by atoms with van der Waals surface area (Å²) in [6, 6.07) is 0. The molecule has 0 unspecified atom stereocenters. The minimum absolute atomic E-state index is 0.0104. The number of nitrogens with two attached hydrogens (primary N) is 1. The van der Waals surface area contributed by atoms with Gasteiger partial charge < -0.3 is 15.6 Å². The molecule has 1 rings (SSSR count). The molecule has 0 fully saturated rings. The van der Waals surface area contributed by atoms with Gasteiger partial charge in [-0.1, -0.05) is 0 Å². The van der Waals surface area contributed by atoms with E-state index < -0.39 is 0 Å². The summed E-state index contributed by atoms with van der Waals surface area (Å²) in [5.74, 6) is -0.0104. The Kier molecular flexibility index (Phi) is 4.06. The van der Waals surface area contributed by atoms with Crippen LogP contribution in [-0.4, -0.2) is 27.5 Å². The van der Waals surface area contributed by atoms with Crippen LogP contribution in [0.25, 0.3) is 0 Å². The molecule has 0 aliphatic rings. The van der Waals surface area contributed by atoms with Gasteiger partial charge in [-0.2, -0.15) is 0 Å². The minimum Gasteiger partial charge on any atom is -0.350 e. The summed E-state index contributed by atoms with van der Waals surface area (Å²) in [6.45, 7) is 6.73. The van der Waals surface area contributed by atoms with Crippen molar-refractivity contribution in [3.63, 3.8) is 0 Å². The van der Waals surface area contributed by atoms with Crippen molar-refractivity contribution in [2.75, 3.05) is 6.54 Å². The van der Waals surface area contributed by atoms with E-state index in [4.69, 9.17) is 5.73 Å². The Bertz CT molecular complexity index is 351. The van der Waals surface area contributed by atoms with Crippen LogP contribution in [0.15, 0.2) is 12.5 Å². The molecule has 1 amide bonds. The van der Waals surface area contributed by atoms with E-state index in [9.17, 15) is 4.79 Å². The summed E-state index contributed by atoms with van der Waals surface area (Å²) in [5.41, 5.74) is 6.27. The first-order valence-electron chi connectivity index (χ1n) is 5.42. The summed E-state index contributed by atoms with van der Waals surface area (Å²) in [5, 5.41) is 2.91. The fourth-order valence-corrected chi connectivity index (χ4v) is 1.46. The molecule has 5 nitrogen and oxygen atoms in total. The number of aromatic nitrogens is 2. The zero-order valence-corrected chi connectivity index (χ0v) is 10.2. The first-order valence-corrected chi connectivity index (χ1v) is 5.42. The van der Waals surface area contributed by atoms with Crippen LogP contribution in [0.1, 0.15) is 26.5 Å². The molecule has 0 spiro atoms. The highest BCUT2D eigenvalue weighted by Crippen LogP contribution is 2.02. The Hall–Kier alpha value is -1.36. The van der Waals surface area contributed by atoms with Crippen molar-refractivity contribution in [3.05, 3.63) is 18.2 Å². The number of rotatable bonds is 4. The van der Waals surface area contributed by atoms with E-state index in [1.165, 1.54) is 0 Å². The van der Waals surface area contributed by atoms with Gasteiger partial charge in [0, 0.05) is 23.9 Å². The Labute approximate surface area is 96.0 Å². The number of carbonyl (C=O) groups excluding carboxylic acids is 1. The van der Waals surface area contributed by atoms with Crippen LogP contribution in [0.3, 0.4) is 0 Å². The van der Waals surface area contributed by atoms with E-state index in [-0.39, 0.29) is 11.4 Å². The Morgan fingerprint density at radius 1 is 1.56 bits per heavy atom. The van der Waals surface area contributed by atoms with Crippen molar-refractivity contribution in [1.29, 1.82) is 0 Å². The van der Waals surface area contributed by atoms with E-state index in [1.807, 2.05) is 25.3 Å². The van der Waals surface area contributed by atoms with Crippen molar-refractivity contribution in [3.8, 4) is 0 Å². The highest BCUT2D eigenvalue weighted by Gasteiger charge is 2.14. The molecule has 1 heterocycles. The van der Waals surface area contributed by atoms with E-state index in [0.717, 1.165) is 12.1 Å². The number of amides is 1. The van der Waals surface area contributed by atoms with Crippen LogP contribution in [-0.2, 0) is 17.8 Å². The predicted octanol–water partition coefficient (Wildman–Crippen LogP) is 0.299. The van der Waals surface area contributed by atoms with Gasteiger partial charge in [-0.25, -0.2) is 4.98 Å². The third-order valence-electron chi connectivity index (χ3n) is 2.03. The van der Waals surface area contributed by atoms with Crippen LogP contribution in [0, 0.1) is 0 Å². The van der Waals surface area contributed by atoms with Gasteiger partial charge in [0.05, 0.1) is 6.33 Å². The zero-order valence-electron chi connectivity index (χ0n) is 10.2. The lowest BCUT2D eigenvalue weighted by Crippen LogP contribution is -2.42. The highest BCUT2D eigenvalue weighted by atomic mass is 16.2. The topological polar surface area (TPSA) is 72.9 Å². The maximum Gasteiger partial charge on any atom is 0.240 e. The zero-order chi connectivity index (χ0) is 12.2. The standard InChI is InChI=1S/C11H20N4O/c1-11(2,3)14-10(16)7-15-8-13-6-9(15)4-5-12/h6,8H,4-5,7,12H2,1-3H3,(H,14,16). The molecule has 0 bridgehead atoms. The van der Waals surface area contributed by atoms with Gasteiger partial charge in [0.1, 0.15) is 6.54 Å². The Morgan fingerprint density at radius 3 is 2.81 bits per heavy atom. The first-order chi connectivity index (χ1) is 7.42. The average molecular weight is 224 g/mol. The minimum atomic E-state index is -0.203. The van der Waals surface area contributed by atoms with Crippen molar-refractivity contribution >= 4 is 5.91 Å². The maximum atomic E-state index is 11.7. The summed E-state index contributed by atoms with van der Waals surface area (Å²) in [7, 11) is 0. The van der Waals surface area contributed by atoms with Gasteiger partial charge in [-0.3, -0.25) is 4.79 Å². The summed E-state index contributed by atoms with van der Waals surface area (Å²) < 4.78 is 1.83. The van der Waals surface area contributed by atoms with Crippen LogP contribution >= 0.6 is 0 Å². The summed E-state index contributed by atoms with van der Waals surface area (Å²) >= 11 is 0. The fraction of sp³-hybridized carbons (Fsp3) is 0.636. The van der Waals surface area contributed by atoms with Crippen LogP contribution < -0.4 is 11.1 Å². The molecular weight excluding hydrogens is 204 g/mol. The predicted molar refractivity (Wildman–Crippen MR) is 62.9 cm³/mol. The largest absolute Gasteiger partial charge is 0.350 e. The molecule has 1 aromatic heterocycles. The van der Waals surface area contributed by atoms with Gasteiger partial charge in [0.2, 0.25) is 5.91 Å². The lowest BCUT2D eigenvalue weighted by Gasteiger charge is -2.20. The van der Waals surface area contributed by atoms with Gasteiger partial charge in [-0.15, -0.1) is 0 Å². The second-order valence-electron chi connectivity index (χ2n) is 4.85. The van der Waals surface area contributed by atoms with Gasteiger partial charge in [0.25, 0.3) is 0 Å². The SMILES string of the molecule is CC(C)(C)NC(=O)Cn1cncc1CCN. The first kappa shape index (κ1) is 12.7. The van der Waals surface area contributed by atoms with Gasteiger partial charge in [0.15, 0.2) is 0 Å². The van der Waals surface area contributed by atoms with E-state index in [2.05, 4.69) is 10.3 Å². The molecule has 0 radical (unpaired) electrons. The second-order valence-corrected chi connectivity index (χ2v) is 4.85. The van der Waals surface area contributed by atoms with Crippen molar-refractivity contribution in [2.24, 2.45) is 5.73 Å². The van der Waals surface area contributed by atoms with E-state index in [0.29, 0.717) is 13.1 Å². The van der Waals surface area contributed by atoms with Crippen molar-refractivity contribution in [1.82, 2.24) is 14.9 Å². The second kappa shape index (κ2) is 5.12. The number of nitrogens with one attached hydrogen (secondary N) is 1. The molecule has 0 aliphatic heterocycles.